The van der Waals surface area contributed by atoms with Crippen molar-refractivity contribution in [1.82, 2.24) is 0 Å². The second kappa shape index (κ2) is 13.9. The number of hydrogen-bond acceptors (Lipinski definition) is 6. The Morgan fingerprint density at radius 2 is 1.69 bits per heavy atom. The van der Waals surface area contributed by atoms with Crippen LogP contribution in [-0.4, -0.2) is 43.3 Å². The van der Waals surface area contributed by atoms with E-state index < -0.39 is 17.4 Å². The summed E-state index contributed by atoms with van der Waals surface area (Å²) < 4.78 is 24.3. The number of carbonyl (C=O) groups excluding carboxylic acids is 2. The van der Waals surface area contributed by atoms with Crippen molar-refractivity contribution in [3.05, 3.63) is 60.2 Å². The van der Waals surface area contributed by atoms with Gasteiger partial charge in [0.2, 0.25) is 5.91 Å². The number of nitrogens with two attached hydrogens (primary N) is 1. The number of rotatable bonds is 10. The number of benzene rings is 2. The Balaban J connectivity index is 0.000000328. The highest BCUT2D eigenvalue weighted by Gasteiger charge is 2.51. The van der Waals surface area contributed by atoms with Crippen molar-refractivity contribution in [2.45, 2.75) is 56.5 Å². The number of hydrogen-bond donors (Lipinski definition) is 1. The van der Waals surface area contributed by atoms with E-state index in [9.17, 15) is 14.2 Å². The van der Waals surface area contributed by atoms with Crippen molar-refractivity contribution in [2.24, 2.45) is 11.7 Å². The fraction of sp³-hybridized carbons (Fsp3) is 0.481. The number of carbonyl (C=O) groups is 2. The van der Waals surface area contributed by atoms with Gasteiger partial charge in [0.1, 0.15) is 10.9 Å². The molecule has 2 N–H and O–H groups in total. The molecule has 0 bridgehead atoms. The van der Waals surface area contributed by atoms with Crippen LogP contribution >= 0.6 is 17.7 Å². The lowest BCUT2D eigenvalue weighted by Crippen LogP contribution is -2.47. The zero-order valence-corrected chi connectivity index (χ0v) is 22.9. The van der Waals surface area contributed by atoms with Gasteiger partial charge in [-0.1, -0.05) is 68.9 Å². The molecule has 1 heterocycles. The highest BCUT2D eigenvalue weighted by atomic mass is 32.7. The van der Waals surface area contributed by atoms with Crippen molar-refractivity contribution >= 4 is 29.4 Å². The van der Waals surface area contributed by atoms with Gasteiger partial charge in [0.25, 0.3) is 0 Å². The van der Waals surface area contributed by atoms with E-state index >= 15 is 0 Å². The summed E-state index contributed by atoms with van der Waals surface area (Å²) in [6.45, 7) is 9.15. The molecule has 1 aliphatic rings. The fourth-order valence-corrected chi connectivity index (χ4v) is 8.86. The van der Waals surface area contributed by atoms with Crippen LogP contribution in [0.2, 0.25) is 0 Å². The first-order valence-corrected chi connectivity index (χ1v) is 15.7. The molecule has 3 rings (SSSR count). The number of primary amides is 1. The lowest BCUT2D eigenvalue weighted by molar-refractivity contribution is -0.122. The first-order chi connectivity index (χ1) is 16.6. The summed E-state index contributed by atoms with van der Waals surface area (Å²) in [6.07, 6.45) is 0.0460. The van der Waals surface area contributed by atoms with Gasteiger partial charge in [0.05, 0.1) is 6.61 Å². The number of ketones is 1. The van der Waals surface area contributed by atoms with Crippen molar-refractivity contribution in [3.8, 4) is 5.75 Å². The molecule has 1 unspecified atom stereocenters. The maximum atomic E-state index is 13.4. The Morgan fingerprint density at radius 3 is 2.20 bits per heavy atom. The number of amides is 1. The van der Waals surface area contributed by atoms with E-state index in [1.165, 1.54) is 11.4 Å². The smallest absolute Gasteiger partial charge is 0.232 e. The third kappa shape index (κ3) is 8.23. The molecule has 1 saturated heterocycles. The van der Waals surface area contributed by atoms with Crippen molar-refractivity contribution in [3.63, 3.8) is 0 Å². The third-order valence-electron chi connectivity index (χ3n) is 6.01. The topological polar surface area (TPSA) is 95.7 Å². The first-order valence-electron chi connectivity index (χ1n) is 12.1. The van der Waals surface area contributed by atoms with Gasteiger partial charge >= 0.3 is 0 Å². The summed E-state index contributed by atoms with van der Waals surface area (Å²) in [5.74, 6) is 0.626. The molecular weight excluding hydrogens is 481 g/mol. The summed E-state index contributed by atoms with van der Waals surface area (Å²) in [5.41, 5.74) is 6.44. The molecule has 2 aromatic carbocycles. The van der Waals surface area contributed by atoms with Gasteiger partial charge in [-0.3, -0.25) is 9.59 Å². The molecule has 0 saturated carbocycles. The standard InChI is InChI=1S/C17H26NO4PS.C10H12O/c1-3-4-11-22-14-5-7-15(8-6-14)24-23(2,20)17(16(18)19)9-12-21-13-10-17;1-8(2)10(11)9-6-4-3-5-7-9/h5-8H,3-4,9-13H2,1-2H3,(H2,18,19);3-8H,1-2H3. The fourth-order valence-electron chi connectivity index (χ4n) is 3.72. The highest BCUT2D eigenvalue weighted by molar-refractivity contribution is 8.58. The van der Waals surface area contributed by atoms with Gasteiger partial charge in [-0.05, 0) is 50.2 Å². The van der Waals surface area contributed by atoms with Crippen LogP contribution in [0, 0.1) is 5.92 Å². The van der Waals surface area contributed by atoms with E-state index in [1.54, 1.807) is 6.66 Å². The summed E-state index contributed by atoms with van der Waals surface area (Å²) in [4.78, 5) is 24.3. The molecule has 1 amide bonds. The van der Waals surface area contributed by atoms with Crippen LogP contribution < -0.4 is 10.5 Å². The minimum absolute atomic E-state index is 0.0948. The van der Waals surface area contributed by atoms with E-state index in [0.717, 1.165) is 29.1 Å². The molecule has 8 heteroatoms. The molecule has 1 fully saturated rings. The van der Waals surface area contributed by atoms with Crippen LogP contribution in [0.4, 0.5) is 0 Å². The van der Waals surface area contributed by atoms with Gasteiger partial charge < -0.3 is 19.8 Å². The highest BCUT2D eigenvalue weighted by Crippen LogP contribution is 2.70. The molecule has 0 aliphatic carbocycles. The summed E-state index contributed by atoms with van der Waals surface area (Å²) >= 11 is 1.26. The van der Waals surface area contributed by atoms with Gasteiger partial charge in [-0.2, -0.15) is 0 Å². The van der Waals surface area contributed by atoms with E-state index in [0.29, 0.717) is 32.7 Å². The van der Waals surface area contributed by atoms with Gasteiger partial charge in [0, 0.05) is 29.6 Å². The lowest BCUT2D eigenvalue weighted by atomic mass is 9.98. The number of unbranched alkanes of at least 4 members (excludes halogenated alkanes) is 1. The molecular formula is C27H38NO5PS. The Hall–Kier alpha value is -2.08. The zero-order valence-electron chi connectivity index (χ0n) is 21.2. The maximum Gasteiger partial charge on any atom is 0.232 e. The quantitative estimate of drug-likeness (QED) is 0.221. The van der Waals surface area contributed by atoms with Gasteiger partial charge in [-0.15, -0.1) is 0 Å². The van der Waals surface area contributed by atoms with Gasteiger partial charge in [0.15, 0.2) is 12.1 Å². The average Bonchev–Trinajstić information content (AvgIpc) is 2.85. The predicted octanol–water partition coefficient (Wildman–Crippen LogP) is 6.43. The van der Waals surface area contributed by atoms with Crippen LogP contribution in [0.1, 0.15) is 56.8 Å². The monoisotopic (exact) mass is 519 g/mol. The Kier molecular flexibility index (Phi) is 11.5. The first kappa shape index (κ1) is 29.2. The SMILES string of the molecule is CC(C)C(=O)c1ccccc1.CCCCOc1ccc(SP(C)(=O)C2(C(N)=O)CCOCC2)cc1. The number of Topliss-reactive ketones (excluding diaryl/α,β-unsaturated/α-hetero) is 1. The minimum atomic E-state index is -2.90. The normalized spacial score (nSPS) is 16.5. The third-order valence-corrected chi connectivity index (χ3v) is 11.8. The summed E-state index contributed by atoms with van der Waals surface area (Å²) in [5, 5.41) is -0.980. The number of ether oxygens (including phenoxy) is 2. The summed E-state index contributed by atoms with van der Waals surface area (Å²) in [7, 11) is 0. The lowest BCUT2D eigenvalue weighted by Gasteiger charge is -2.38. The molecule has 35 heavy (non-hydrogen) atoms. The zero-order chi connectivity index (χ0) is 25.9. The molecule has 6 nitrogen and oxygen atoms in total. The van der Waals surface area contributed by atoms with Crippen molar-refractivity contribution in [1.29, 1.82) is 0 Å². The van der Waals surface area contributed by atoms with Crippen LogP contribution in [0.5, 0.6) is 5.75 Å². The van der Waals surface area contributed by atoms with E-state index in [-0.39, 0.29) is 11.7 Å². The van der Waals surface area contributed by atoms with Crippen LogP contribution in [-0.2, 0) is 14.1 Å². The second-order valence-corrected chi connectivity index (χ2v) is 14.8. The average molecular weight is 520 g/mol. The Bertz CT molecular complexity index is 988. The van der Waals surface area contributed by atoms with Crippen LogP contribution in [0.25, 0.3) is 0 Å². The maximum absolute atomic E-state index is 13.4. The summed E-state index contributed by atoms with van der Waals surface area (Å²) in [6, 6.07) is 16.9. The van der Waals surface area contributed by atoms with Gasteiger partial charge in [-0.25, -0.2) is 0 Å². The molecule has 0 aromatic heterocycles. The molecule has 0 spiro atoms. The van der Waals surface area contributed by atoms with E-state index in [4.69, 9.17) is 15.2 Å². The van der Waals surface area contributed by atoms with E-state index in [1.807, 2.05) is 68.4 Å². The molecule has 1 aliphatic heterocycles. The molecule has 0 radical (unpaired) electrons. The molecule has 1 atom stereocenters. The van der Waals surface area contributed by atoms with Crippen molar-refractivity contribution < 1.29 is 23.6 Å². The minimum Gasteiger partial charge on any atom is -0.494 e. The van der Waals surface area contributed by atoms with E-state index in [2.05, 4.69) is 6.92 Å². The van der Waals surface area contributed by atoms with Crippen LogP contribution in [0.3, 0.4) is 0 Å². The van der Waals surface area contributed by atoms with Crippen LogP contribution in [0.15, 0.2) is 59.5 Å². The Morgan fingerprint density at radius 1 is 1.09 bits per heavy atom. The van der Waals surface area contributed by atoms with Crippen molar-refractivity contribution in [2.75, 3.05) is 26.5 Å². The molecule has 2 aromatic rings. The predicted molar refractivity (Wildman–Crippen MR) is 144 cm³/mol. The molecule has 192 valence electrons. The second-order valence-electron chi connectivity index (χ2n) is 9.00. The largest absolute Gasteiger partial charge is 0.494 e. The Labute approximate surface area is 213 Å².